The minimum Gasteiger partial charge on any atom is -0.490 e. The zero-order valence-corrected chi connectivity index (χ0v) is 16.5. The third-order valence-electron chi connectivity index (χ3n) is 4.11. The van der Waals surface area contributed by atoms with E-state index in [4.69, 9.17) is 46.9 Å². The van der Waals surface area contributed by atoms with E-state index in [1.165, 1.54) is 12.1 Å². The number of fused-ring (bicyclic) bond motifs is 2. The fourth-order valence-electron chi connectivity index (χ4n) is 2.77. The van der Waals surface area contributed by atoms with Crippen LogP contribution in [0.5, 0.6) is 23.0 Å². The zero-order valence-electron chi connectivity index (χ0n) is 15.0. The second kappa shape index (κ2) is 8.26. The summed E-state index contributed by atoms with van der Waals surface area (Å²) in [6, 6.07) is 5.96. The van der Waals surface area contributed by atoms with Crippen molar-refractivity contribution in [1.82, 2.24) is 0 Å². The van der Waals surface area contributed by atoms with E-state index < -0.39 is 18.5 Å². The molecule has 4 rings (SSSR count). The van der Waals surface area contributed by atoms with Crippen molar-refractivity contribution in [1.29, 1.82) is 0 Å². The molecule has 0 radical (unpaired) electrons. The van der Waals surface area contributed by atoms with Crippen LogP contribution in [0.3, 0.4) is 0 Å². The number of anilines is 1. The van der Waals surface area contributed by atoms with Crippen molar-refractivity contribution in [3.8, 4) is 23.0 Å². The molecule has 8 nitrogen and oxygen atoms in total. The molecule has 2 aliphatic rings. The molecule has 1 N–H and O–H groups in total. The van der Waals surface area contributed by atoms with Crippen LogP contribution in [0.15, 0.2) is 24.3 Å². The highest BCUT2D eigenvalue weighted by Gasteiger charge is 2.22. The summed E-state index contributed by atoms with van der Waals surface area (Å²) in [5.74, 6) is 0.399. The van der Waals surface area contributed by atoms with Gasteiger partial charge in [0, 0.05) is 18.6 Å². The largest absolute Gasteiger partial charge is 0.490 e. The van der Waals surface area contributed by atoms with Gasteiger partial charge in [0.2, 0.25) is 6.79 Å². The molecule has 2 aliphatic heterocycles. The first-order valence-electron chi connectivity index (χ1n) is 8.66. The number of halogens is 2. The van der Waals surface area contributed by atoms with E-state index in [1.54, 1.807) is 12.1 Å². The second-order valence-electron chi connectivity index (χ2n) is 6.15. The van der Waals surface area contributed by atoms with Crippen LogP contribution in [0, 0.1) is 0 Å². The number of rotatable bonds is 4. The number of amides is 1. The molecule has 0 atom stereocenters. The first kappa shape index (κ1) is 19.5. The van der Waals surface area contributed by atoms with Gasteiger partial charge in [-0.3, -0.25) is 4.79 Å². The number of benzene rings is 2. The van der Waals surface area contributed by atoms with Crippen LogP contribution in [-0.4, -0.2) is 38.5 Å². The van der Waals surface area contributed by atoms with Crippen molar-refractivity contribution < 1.29 is 33.3 Å². The van der Waals surface area contributed by atoms with Crippen LogP contribution < -0.4 is 24.3 Å². The predicted molar refractivity (Wildman–Crippen MR) is 104 cm³/mol. The van der Waals surface area contributed by atoms with Gasteiger partial charge in [0.1, 0.15) is 0 Å². The van der Waals surface area contributed by atoms with E-state index in [-0.39, 0.29) is 22.4 Å². The van der Waals surface area contributed by atoms with Gasteiger partial charge >= 0.3 is 5.97 Å². The SMILES string of the molecule is O=C(COC(=O)c1cc(Cl)c2c(c1)OCO2)Nc1cc2c(cc1Cl)OCCCO2. The average molecular weight is 440 g/mol. The van der Waals surface area contributed by atoms with Gasteiger partial charge in [0.25, 0.3) is 5.91 Å². The Hall–Kier alpha value is -2.84. The molecule has 29 heavy (non-hydrogen) atoms. The van der Waals surface area contributed by atoms with Crippen LogP contribution in [0.1, 0.15) is 16.8 Å². The monoisotopic (exact) mass is 439 g/mol. The van der Waals surface area contributed by atoms with Crippen LogP contribution in [0.2, 0.25) is 10.0 Å². The number of carbonyl (C=O) groups is 2. The Morgan fingerprint density at radius 1 is 0.931 bits per heavy atom. The van der Waals surface area contributed by atoms with Crippen molar-refractivity contribution in [2.45, 2.75) is 6.42 Å². The Kier molecular flexibility index (Phi) is 5.55. The van der Waals surface area contributed by atoms with Gasteiger partial charge in [0.15, 0.2) is 29.6 Å². The van der Waals surface area contributed by atoms with Crippen molar-refractivity contribution in [2.24, 2.45) is 0 Å². The van der Waals surface area contributed by atoms with Gasteiger partial charge in [-0.2, -0.15) is 0 Å². The van der Waals surface area contributed by atoms with E-state index in [1.807, 2.05) is 0 Å². The Morgan fingerprint density at radius 2 is 1.69 bits per heavy atom. The van der Waals surface area contributed by atoms with Crippen LogP contribution in [-0.2, 0) is 9.53 Å². The minimum absolute atomic E-state index is 0.0201. The minimum atomic E-state index is -0.731. The van der Waals surface area contributed by atoms with Gasteiger partial charge < -0.3 is 29.0 Å². The predicted octanol–water partition coefficient (Wildman–Crippen LogP) is 3.68. The fraction of sp³-hybridized carbons (Fsp3) is 0.263. The molecule has 0 bridgehead atoms. The Morgan fingerprint density at radius 3 is 2.48 bits per heavy atom. The van der Waals surface area contributed by atoms with E-state index in [0.717, 1.165) is 6.42 Å². The number of carbonyl (C=O) groups excluding carboxylic acids is 2. The maximum atomic E-state index is 12.2. The zero-order chi connectivity index (χ0) is 20.4. The highest BCUT2D eigenvalue weighted by Crippen LogP contribution is 2.40. The summed E-state index contributed by atoms with van der Waals surface area (Å²) < 4.78 is 26.6. The van der Waals surface area contributed by atoms with Gasteiger partial charge in [0.05, 0.1) is 34.5 Å². The summed E-state index contributed by atoms with van der Waals surface area (Å²) in [6.45, 7) is 0.522. The van der Waals surface area contributed by atoms with Gasteiger partial charge in [-0.1, -0.05) is 23.2 Å². The molecule has 0 fully saturated rings. The molecule has 2 aromatic carbocycles. The lowest BCUT2D eigenvalue weighted by atomic mass is 10.2. The standard InChI is InChI=1S/C19H15Cl2NO7/c20-11-6-14-15(26-3-1-2-25-14)7-13(11)22-17(23)8-27-19(24)10-4-12(21)18-16(5-10)28-9-29-18/h4-7H,1-3,8-9H2,(H,22,23). The molecular weight excluding hydrogens is 425 g/mol. The Balaban J connectivity index is 1.39. The number of esters is 1. The maximum Gasteiger partial charge on any atom is 0.338 e. The molecule has 2 heterocycles. The fourth-order valence-corrected chi connectivity index (χ4v) is 3.23. The van der Waals surface area contributed by atoms with E-state index in [9.17, 15) is 9.59 Å². The molecule has 0 spiro atoms. The number of nitrogens with one attached hydrogen (secondary N) is 1. The Bertz CT molecular complexity index is 980. The van der Waals surface area contributed by atoms with Crippen molar-refractivity contribution in [3.05, 3.63) is 39.9 Å². The molecule has 0 unspecified atom stereocenters. The molecular formula is C19H15Cl2NO7. The molecule has 10 heteroatoms. The smallest absolute Gasteiger partial charge is 0.338 e. The maximum absolute atomic E-state index is 12.2. The molecule has 0 saturated carbocycles. The van der Waals surface area contributed by atoms with Crippen molar-refractivity contribution >= 4 is 40.8 Å². The summed E-state index contributed by atoms with van der Waals surface area (Å²) in [5, 5.41) is 3.08. The molecule has 1 amide bonds. The van der Waals surface area contributed by atoms with Crippen LogP contribution in [0.25, 0.3) is 0 Å². The van der Waals surface area contributed by atoms with Crippen molar-refractivity contribution in [2.75, 3.05) is 31.9 Å². The second-order valence-corrected chi connectivity index (χ2v) is 6.96. The summed E-state index contributed by atoms with van der Waals surface area (Å²) in [5.41, 5.74) is 0.462. The lowest BCUT2D eigenvalue weighted by Crippen LogP contribution is -2.21. The average Bonchev–Trinajstić information content (AvgIpc) is 3.07. The third kappa shape index (κ3) is 4.28. The molecule has 0 aliphatic carbocycles. The lowest BCUT2D eigenvalue weighted by Gasteiger charge is -2.12. The normalized spacial score (nSPS) is 14.1. The van der Waals surface area contributed by atoms with Gasteiger partial charge in [-0.05, 0) is 12.1 Å². The summed E-state index contributed by atoms with van der Waals surface area (Å²) >= 11 is 12.2. The first-order chi connectivity index (χ1) is 14.0. The molecule has 2 aromatic rings. The van der Waals surface area contributed by atoms with Gasteiger partial charge in [-0.25, -0.2) is 4.79 Å². The van der Waals surface area contributed by atoms with E-state index in [2.05, 4.69) is 5.32 Å². The first-order valence-corrected chi connectivity index (χ1v) is 9.42. The highest BCUT2D eigenvalue weighted by molar-refractivity contribution is 6.34. The quantitative estimate of drug-likeness (QED) is 0.726. The lowest BCUT2D eigenvalue weighted by molar-refractivity contribution is -0.119. The summed E-state index contributed by atoms with van der Waals surface area (Å²) in [7, 11) is 0. The molecule has 0 saturated heterocycles. The van der Waals surface area contributed by atoms with Gasteiger partial charge in [-0.15, -0.1) is 0 Å². The molecule has 0 aromatic heterocycles. The van der Waals surface area contributed by atoms with E-state index in [0.29, 0.717) is 41.9 Å². The number of ether oxygens (including phenoxy) is 5. The number of hydrogen-bond donors (Lipinski definition) is 1. The number of hydrogen-bond acceptors (Lipinski definition) is 7. The van der Waals surface area contributed by atoms with Crippen LogP contribution >= 0.6 is 23.2 Å². The summed E-state index contributed by atoms with van der Waals surface area (Å²) in [6.07, 6.45) is 0.744. The topological polar surface area (TPSA) is 92.3 Å². The Labute approximate surface area is 175 Å². The third-order valence-corrected chi connectivity index (χ3v) is 4.70. The van der Waals surface area contributed by atoms with E-state index >= 15 is 0 Å². The highest BCUT2D eigenvalue weighted by atomic mass is 35.5. The van der Waals surface area contributed by atoms with Crippen LogP contribution in [0.4, 0.5) is 5.69 Å². The summed E-state index contributed by atoms with van der Waals surface area (Å²) in [4.78, 5) is 24.4. The van der Waals surface area contributed by atoms with Crippen molar-refractivity contribution in [3.63, 3.8) is 0 Å². The molecule has 152 valence electrons.